The number of anilines is 1. The number of hydrogen-bond donors (Lipinski definition) is 1. The van der Waals surface area contributed by atoms with Crippen molar-refractivity contribution in [2.45, 2.75) is 33.2 Å². The number of nitrogens with one attached hydrogen (secondary N) is 1. The Hall–Kier alpha value is -3.32. The predicted molar refractivity (Wildman–Crippen MR) is 130 cm³/mol. The first-order chi connectivity index (χ1) is 14.6. The quantitative estimate of drug-likeness (QED) is 0.477. The number of hydrogen-bond acceptors (Lipinski definition) is 1. The van der Waals surface area contributed by atoms with Crippen LogP contribution in [0.1, 0.15) is 34.2 Å². The minimum absolute atomic E-state index is 0.324. The Balaban J connectivity index is 1.60. The van der Waals surface area contributed by atoms with E-state index in [0.29, 0.717) is 6.04 Å². The van der Waals surface area contributed by atoms with Gasteiger partial charge in [-0.1, -0.05) is 85.0 Å². The molecule has 0 aliphatic heterocycles. The average Bonchev–Trinajstić information content (AvgIpc) is 2.77. The van der Waals surface area contributed by atoms with E-state index >= 15 is 0 Å². The topological polar surface area (TPSA) is 12.0 Å². The molecule has 0 radical (unpaired) electrons. The summed E-state index contributed by atoms with van der Waals surface area (Å²) in [5.74, 6) is 0. The van der Waals surface area contributed by atoms with Crippen molar-refractivity contribution in [1.82, 2.24) is 0 Å². The van der Waals surface area contributed by atoms with Gasteiger partial charge in [-0.05, 0) is 78.3 Å². The molecule has 1 atom stereocenters. The Labute approximate surface area is 180 Å². The van der Waals surface area contributed by atoms with Crippen LogP contribution in [0.3, 0.4) is 0 Å². The molecule has 0 spiro atoms. The van der Waals surface area contributed by atoms with Gasteiger partial charge in [0.05, 0.1) is 0 Å². The molecule has 0 aromatic heterocycles. The molecule has 1 aliphatic rings. The first kappa shape index (κ1) is 20.0. The predicted octanol–water partition coefficient (Wildman–Crippen LogP) is 7.41. The Morgan fingerprint density at radius 2 is 1.57 bits per heavy atom. The van der Waals surface area contributed by atoms with Gasteiger partial charge < -0.3 is 5.32 Å². The standard InChI is InChI=1S/C29H29N/c1-21-13-16-26(19-23(21)3)28(25-10-5-4-6-11-25)20-24-14-17-27(18-15-24)30-29-12-8-7-9-22(29)2/h4-17,19-20,27,30H,18H2,1-3H3. The first-order valence-electron chi connectivity index (χ1n) is 10.7. The second kappa shape index (κ2) is 9.00. The molecule has 0 heterocycles. The summed E-state index contributed by atoms with van der Waals surface area (Å²) in [6.45, 7) is 6.50. The largest absolute Gasteiger partial charge is 0.378 e. The zero-order valence-electron chi connectivity index (χ0n) is 18.0. The average molecular weight is 392 g/mol. The van der Waals surface area contributed by atoms with Gasteiger partial charge in [-0.15, -0.1) is 0 Å². The van der Waals surface area contributed by atoms with Crippen molar-refractivity contribution in [3.8, 4) is 0 Å². The van der Waals surface area contributed by atoms with Crippen molar-refractivity contribution in [2.24, 2.45) is 0 Å². The van der Waals surface area contributed by atoms with Crippen LogP contribution in [-0.2, 0) is 0 Å². The molecule has 0 saturated carbocycles. The molecule has 0 amide bonds. The van der Waals surface area contributed by atoms with E-state index in [1.165, 1.54) is 44.7 Å². The molecule has 150 valence electrons. The Bertz CT molecular complexity index is 1120. The van der Waals surface area contributed by atoms with Gasteiger partial charge in [0.2, 0.25) is 0 Å². The van der Waals surface area contributed by atoms with Crippen molar-refractivity contribution in [3.05, 3.63) is 130 Å². The number of benzene rings is 3. The molecule has 1 heteroatoms. The Morgan fingerprint density at radius 3 is 2.27 bits per heavy atom. The summed E-state index contributed by atoms with van der Waals surface area (Å²) in [5.41, 5.74) is 10.2. The highest BCUT2D eigenvalue weighted by atomic mass is 14.9. The lowest BCUT2D eigenvalue weighted by molar-refractivity contribution is 0.876. The molecule has 1 aliphatic carbocycles. The van der Waals surface area contributed by atoms with Crippen molar-refractivity contribution >= 4 is 11.3 Å². The molecule has 1 nitrogen and oxygen atoms in total. The van der Waals surface area contributed by atoms with Crippen molar-refractivity contribution in [3.63, 3.8) is 0 Å². The molecule has 4 rings (SSSR count). The fourth-order valence-electron chi connectivity index (χ4n) is 3.81. The highest BCUT2D eigenvalue weighted by Crippen LogP contribution is 2.28. The smallest absolute Gasteiger partial charge is 0.0482 e. The van der Waals surface area contributed by atoms with Crippen LogP contribution in [0.15, 0.2) is 103 Å². The molecule has 1 unspecified atom stereocenters. The minimum Gasteiger partial charge on any atom is -0.378 e. The summed E-state index contributed by atoms with van der Waals surface area (Å²) in [6, 6.07) is 26.2. The normalized spacial score (nSPS) is 16.3. The lowest BCUT2D eigenvalue weighted by Crippen LogP contribution is -2.18. The van der Waals surface area contributed by atoms with E-state index in [-0.39, 0.29) is 0 Å². The van der Waals surface area contributed by atoms with Crippen LogP contribution in [0.2, 0.25) is 0 Å². The monoisotopic (exact) mass is 391 g/mol. The first-order valence-corrected chi connectivity index (χ1v) is 10.7. The van der Waals surface area contributed by atoms with Crippen LogP contribution in [0, 0.1) is 20.8 Å². The zero-order valence-corrected chi connectivity index (χ0v) is 18.0. The van der Waals surface area contributed by atoms with Gasteiger partial charge in [-0.2, -0.15) is 0 Å². The third-order valence-corrected chi connectivity index (χ3v) is 5.83. The van der Waals surface area contributed by atoms with E-state index in [4.69, 9.17) is 0 Å². The summed E-state index contributed by atoms with van der Waals surface area (Å²) >= 11 is 0. The number of rotatable bonds is 5. The molecule has 0 bridgehead atoms. The fourth-order valence-corrected chi connectivity index (χ4v) is 3.81. The molecule has 3 aromatic rings. The van der Waals surface area contributed by atoms with Gasteiger partial charge in [0.25, 0.3) is 0 Å². The van der Waals surface area contributed by atoms with Gasteiger partial charge in [0, 0.05) is 11.7 Å². The van der Waals surface area contributed by atoms with Crippen molar-refractivity contribution in [1.29, 1.82) is 0 Å². The van der Waals surface area contributed by atoms with E-state index in [9.17, 15) is 0 Å². The molecule has 0 saturated heterocycles. The lowest BCUT2D eigenvalue weighted by atomic mass is 9.92. The van der Waals surface area contributed by atoms with E-state index in [2.05, 4.69) is 123 Å². The fraction of sp³-hybridized carbons (Fsp3) is 0.172. The molecule has 30 heavy (non-hydrogen) atoms. The van der Waals surface area contributed by atoms with Gasteiger partial charge in [0.1, 0.15) is 0 Å². The minimum atomic E-state index is 0.324. The van der Waals surface area contributed by atoms with Gasteiger partial charge >= 0.3 is 0 Å². The Kier molecular flexibility index (Phi) is 5.99. The van der Waals surface area contributed by atoms with Crippen LogP contribution in [-0.4, -0.2) is 6.04 Å². The second-order valence-corrected chi connectivity index (χ2v) is 8.09. The van der Waals surface area contributed by atoms with Crippen molar-refractivity contribution in [2.75, 3.05) is 5.32 Å². The molecular formula is C29H29N. The van der Waals surface area contributed by atoms with Gasteiger partial charge in [-0.3, -0.25) is 0 Å². The van der Waals surface area contributed by atoms with E-state index in [1.807, 2.05) is 0 Å². The van der Waals surface area contributed by atoms with Crippen LogP contribution in [0.4, 0.5) is 5.69 Å². The highest BCUT2D eigenvalue weighted by molar-refractivity contribution is 5.82. The van der Waals surface area contributed by atoms with E-state index < -0.39 is 0 Å². The summed E-state index contributed by atoms with van der Waals surface area (Å²) in [7, 11) is 0. The summed E-state index contributed by atoms with van der Waals surface area (Å²) in [6.07, 6.45) is 10.1. The summed E-state index contributed by atoms with van der Waals surface area (Å²) in [5, 5.41) is 3.65. The molecular weight excluding hydrogens is 362 g/mol. The number of para-hydroxylation sites is 1. The van der Waals surface area contributed by atoms with E-state index in [1.54, 1.807) is 0 Å². The van der Waals surface area contributed by atoms with Crippen LogP contribution in [0.25, 0.3) is 5.57 Å². The maximum absolute atomic E-state index is 3.65. The Morgan fingerprint density at radius 1 is 0.800 bits per heavy atom. The summed E-state index contributed by atoms with van der Waals surface area (Å²) < 4.78 is 0. The molecule has 3 aromatic carbocycles. The zero-order chi connectivity index (χ0) is 20.9. The van der Waals surface area contributed by atoms with Gasteiger partial charge in [0.15, 0.2) is 0 Å². The van der Waals surface area contributed by atoms with Crippen LogP contribution in [0.5, 0.6) is 0 Å². The van der Waals surface area contributed by atoms with Gasteiger partial charge in [-0.25, -0.2) is 0 Å². The third kappa shape index (κ3) is 4.63. The highest BCUT2D eigenvalue weighted by Gasteiger charge is 2.11. The lowest BCUT2D eigenvalue weighted by Gasteiger charge is -2.20. The van der Waals surface area contributed by atoms with E-state index in [0.717, 1.165) is 6.42 Å². The maximum atomic E-state index is 3.65. The third-order valence-electron chi connectivity index (χ3n) is 5.83. The van der Waals surface area contributed by atoms with Crippen LogP contribution >= 0.6 is 0 Å². The maximum Gasteiger partial charge on any atom is 0.0482 e. The van der Waals surface area contributed by atoms with Crippen LogP contribution < -0.4 is 5.32 Å². The number of allylic oxidation sites excluding steroid dienone is 3. The summed E-state index contributed by atoms with van der Waals surface area (Å²) in [4.78, 5) is 0. The van der Waals surface area contributed by atoms with Crippen molar-refractivity contribution < 1.29 is 0 Å². The second-order valence-electron chi connectivity index (χ2n) is 8.09. The molecule has 0 fully saturated rings. The SMILES string of the molecule is Cc1ccc(C(=CC2=CCC(Nc3ccccc3C)C=C2)c2ccccc2)cc1C. The number of aryl methyl sites for hydroxylation is 3. The molecule has 1 N–H and O–H groups in total.